The molecule has 24 heavy (non-hydrogen) atoms. The molecular formula is C16H13BrN2O4S. The number of aromatic amines is 1. The van der Waals surface area contributed by atoms with Crippen molar-refractivity contribution in [2.75, 3.05) is 6.61 Å². The average molecular weight is 409 g/mol. The van der Waals surface area contributed by atoms with Gasteiger partial charge in [0.15, 0.2) is 0 Å². The van der Waals surface area contributed by atoms with Gasteiger partial charge in [0.2, 0.25) is 5.01 Å². The number of thiazole rings is 1. The van der Waals surface area contributed by atoms with Gasteiger partial charge in [-0.25, -0.2) is 14.6 Å². The van der Waals surface area contributed by atoms with Gasteiger partial charge in [-0.1, -0.05) is 18.2 Å². The van der Waals surface area contributed by atoms with E-state index in [0.29, 0.717) is 15.9 Å². The first-order valence-electron chi connectivity index (χ1n) is 7.15. The van der Waals surface area contributed by atoms with Crippen molar-refractivity contribution < 1.29 is 19.1 Å². The Morgan fingerprint density at radius 2 is 2.04 bits per heavy atom. The molecule has 2 heterocycles. The molecule has 0 aliphatic heterocycles. The van der Waals surface area contributed by atoms with Gasteiger partial charge in [-0.2, -0.15) is 0 Å². The van der Waals surface area contributed by atoms with Gasteiger partial charge in [-0.15, -0.1) is 11.3 Å². The summed E-state index contributed by atoms with van der Waals surface area (Å²) >= 11 is 4.57. The van der Waals surface area contributed by atoms with E-state index in [1.807, 2.05) is 24.3 Å². The molecule has 124 valence electrons. The van der Waals surface area contributed by atoms with Crippen molar-refractivity contribution in [2.24, 2.45) is 0 Å². The third-order valence-electron chi connectivity index (χ3n) is 3.20. The summed E-state index contributed by atoms with van der Waals surface area (Å²) in [4.78, 5) is 31.0. The molecule has 0 fully saturated rings. The Bertz CT molecular complexity index is 903. The number of esters is 2. The largest absolute Gasteiger partial charge is 0.461 e. The molecule has 0 saturated carbocycles. The summed E-state index contributed by atoms with van der Waals surface area (Å²) in [5.41, 5.74) is 1.69. The quantitative estimate of drug-likeness (QED) is 0.646. The van der Waals surface area contributed by atoms with E-state index in [-0.39, 0.29) is 18.2 Å². The molecule has 0 radical (unpaired) electrons. The molecule has 0 unspecified atom stereocenters. The maximum absolute atomic E-state index is 12.3. The van der Waals surface area contributed by atoms with Crippen LogP contribution in [0.3, 0.4) is 0 Å². The van der Waals surface area contributed by atoms with Crippen LogP contribution in [0.4, 0.5) is 0 Å². The monoisotopic (exact) mass is 408 g/mol. The van der Waals surface area contributed by atoms with E-state index in [1.165, 1.54) is 0 Å². The first-order valence-corrected chi connectivity index (χ1v) is 8.82. The molecule has 1 N–H and O–H groups in total. The number of H-pyrrole nitrogens is 1. The highest BCUT2D eigenvalue weighted by molar-refractivity contribution is 9.10. The highest BCUT2D eigenvalue weighted by Crippen LogP contribution is 2.28. The maximum atomic E-state index is 12.3. The second-order valence-corrected chi connectivity index (χ2v) is 6.45. The fraction of sp³-hybridized carbons (Fsp3) is 0.188. The number of rotatable bonds is 5. The molecule has 0 amide bonds. The Hall–Kier alpha value is -2.19. The van der Waals surface area contributed by atoms with Crippen molar-refractivity contribution in [3.05, 3.63) is 50.5 Å². The minimum atomic E-state index is -0.497. The number of nitrogens with one attached hydrogen (secondary N) is 1. The summed E-state index contributed by atoms with van der Waals surface area (Å²) in [6, 6.07) is 7.55. The number of aromatic nitrogens is 2. The van der Waals surface area contributed by atoms with Crippen molar-refractivity contribution in [3.8, 4) is 0 Å². The molecule has 3 aromatic rings. The van der Waals surface area contributed by atoms with Crippen LogP contribution in [0.15, 0.2) is 34.1 Å². The number of carbonyl (C=O) groups excluding carboxylic acids is 2. The Labute approximate surface area is 149 Å². The number of hydrogen-bond donors (Lipinski definition) is 1. The molecule has 0 saturated heterocycles. The Morgan fingerprint density at radius 1 is 1.25 bits per heavy atom. The molecule has 3 rings (SSSR count). The van der Waals surface area contributed by atoms with E-state index in [0.717, 1.165) is 22.2 Å². The van der Waals surface area contributed by atoms with Gasteiger partial charge in [0, 0.05) is 16.3 Å². The molecule has 2 aromatic heterocycles. The molecular weight excluding hydrogens is 396 g/mol. The van der Waals surface area contributed by atoms with Crippen molar-refractivity contribution >= 4 is 50.1 Å². The molecule has 1 aromatic carbocycles. The normalized spacial score (nSPS) is 10.8. The zero-order valence-electron chi connectivity index (χ0n) is 12.7. The number of ether oxygens (including phenoxy) is 2. The molecule has 0 aliphatic carbocycles. The number of para-hydroxylation sites is 1. The zero-order valence-corrected chi connectivity index (χ0v) is 15.1. The predicted molar refractivity (Wildman–Crippen MR) is 93.2 cm³/mol. The lowest BCUT2D eigenvalue weighted by Crippen LogP contribution is -2.07. The standard InChI is InChI=1S/C16H13BrN2O4S/c1-2-22-16(21)14-18-9(8-24-14)7-23-15(20)13-12(17)10-5-3-4-6-11(10)19-13/h3-6,8,19H,2,7H2,1H3. The molecule has 0 bridgehead atoms. The smallest absolute Gasteiger partial charge is 0.367 e. The second kappa shape index (κ2) is 7.14. The Morgan fingerprint density at radius 3 is 2.79 bits per heavy atom. The van der Waals surface area contributed by atoms with Crippen LogP contribution in [0.2, 0.25) is 0 Å². The van der Waals surface area contributed by atoms with Gasteiger partial charge in [0.1, 0.15) is 12.3 Å². The van der Waals surface area contributed by atoms with Crippen molar-refractivity contribution in [2.45, 2.75) is 13.5 Å². The SMILES string of the molecule is CCOC(=O)c1nc(COC(=O)c2[nH]c3ccccc3c2Br)cs1. The first kappa shape index (κ1) is 16.7. The predicted octanol–water partition coefficient (Wildman–Crippen LogP) is 3.92. The highest BCUT2D eigenvalue weighted by Gasteiger charge is 2.18. The fourth-order valence-electron chi connectivity index (χ4n) is 2.12. The van der Waals surface area contributed by atoms with Crippen LogP contribution in [0.1, 0.15) is 32.9 Å². The summed E-state index contributed by atoms with van der Waals surface area (Å²) in [5, 5.41) is 2.82. The van der Waals surface area contributed by atoms with Crippen molar-refractivity contribution in [1.82, 2.24) is 9.97 Å². The van der Waals surface area contributed by atoms with E-state index in [9.17, 15) is 9.59 Å². The molecule has 0 aliphatic rings. The van der Waals surface area contributed by atoms with Gasteiger partial charge in [0.25, 0.3) is 0 Å². The van der Waals surface area contributed by atoms with Gasteiger partial charge in [-0.3, -0.25) is 0 Å². The van der Waals surface area contributed by atoms with Crippen LogP contribution in [0.5, 0.6) is 0 Å². The zero-order chi connectivity index (χ0) is 17.1. The number of nitrogens with zero attached hydrogens (tertiary/aromatic N) is 1. The molecule has 0 atom stereocenters. The molecule has 8 heteroatoms. The summed E-state index contributed by atoms with van der Waals surface area (Å²) in [7, 11) is 0. The highest BCUT2D eigenvalue weighted by atomic mass is 79.9. The number of carbonyl (C=O) groups is 2. The second-order valence-electron chi connectivity index (χ2n) is 4.80. The lowest BCUT2D eigenvalue weighted by Gasteiger charge is -2.01. The topological polar surface area (TPSA) is 81.3 Å². The lowest BCUT2D eigenvalue weighted by atomic mass is 10.2. The van der Waals surface area contributed by atoms with E-state index in [4.69, 9.17) is 9.47 Å². The number of fused-ring (bicyclic) bond motifs is 1. The van der Waals surface area contributed by atoms with Crippen LogP contribution in [-0.4, -0.2) is 28.5 Å². The summed E-state index contributed by atoms with van der Waals surface area (Å²) in [5.74, 6) is -0.970. The minimum Gasteiger partial charge on any atom is -0.461 e. The fourth-order valence-corrected chi connectivity index (χ4v) is 3.42. The van der Waals surface area contributed by atoms with Crippen LogP contribution in [0.25, 0.3) is 10.9 Å². The van der Waals surface area contributed by atoms with Gasteiger partial charge in [-0.05, 0) is 28.9 Å². The third kappa shape index (κ3) is 3.34. The minimum absolute atomic E-state index is 0.0173. The first-order chi connectivity index (χ1) is 11.6. The van der Waals surface area contributed by atoms with Crippen LogP contribution < -0.4 is 0 Å². The van der Waals surface area contributed by atoms with E-state index >= 15 is 0 Å². The number of hydrogen-bond acceptors (Lipinski definition) is 6. The third-order valence-corrected chi connectivity index (χ3v) is 4.89. The maximum Gasteiger partial charge on any atom is 0.367 e. The summed E-state index contributed by atoms with van der Waals surface area (Å²) in [6.45, 7) is 2.00. The van der Waals surface area contributed by atoms with Gasteiger partial charge in [0.05, 0.1) is 16.8 Å². The van der Waals surface area contributed by atoms with E-state index in [2.05, 4.69) is 25.9 Å². The van der Waals surface area contributed by atoms with Gasteiger partial charge < -0.3 is 14.5 Å². The lowest BCUT2D eigenvalue weighted by molar-refractivity contribution is 0.0461. The van der Waals surface area contributed by atoms with E-state index < -0.39 is 11.9 Å². The number of halogens is 1. The molecule has 6 nitrogen and oxygen atoms in total. The summed E-state index contributed by atoms with van der Waals surface area (Å²) < 4.78 is 10.8. The Kier molecular flexibility index (Phi) is 4.96. The molecule has 0 spiro atoms. The van der Waals surface area contributed by atoms with Gasteiger partial charge >= 0.3 is 11.9 Å². The van der Waals surface area contributed by atoms with Crippen LogP contribution in [0, 0.1) is 0 Å². The number of benzene rings is 1. The average Bonchev–Trinajstić information content (AvgIpc) is 3.18. The van der Waals surface area contributed by atoms with Crippen LogP contribution in [-0.2, 0) is 16.1 Å². The van der Waals surface area contributed by atoms with Crippen LogP contribution >= 0.6 is 27.3 Å². The van der Waals surface area contributed by atoms with Crippen molar-refractivity contribution in [1.29, 1.82) is 0 Å². The van der Waals surface area contributed by atoms with E-state index in [1.54, 1.807) is 12.3 Å². The Balaban J connectivity index is 1.69. The summed E-state index contributed by atoms with van der Waals surface area (Å²) in [6.07, 6.45) is 0. The van der Waals surface area contributed by atoms with Crippen molar-refractivity contribution in [3.63, 3.8) is 0 Å².